The Labute approximate surface area is 125 Å². The molecule has 0 radical (unpaired) electrons. The molecule has 1 aromatic rings. The molecular weight excluding hydrogens is 268 g/mol. The van der Waals surface area contributed by atoms with E-state index < -0.39 is 0 Å². The van der Waals surface area contributed by atoms with Gasteiger partial charge in [0.1, 0.15) is 11.5 Å². The number of carbonyl (C=O) groups excluding carboxylic acids is 1. The molecule has 2 saturated heterocycles. The summed E-state index contributed by atoms with van der Waals surface area (Å²) in [5, 5.41) is 0. The van der Waals surface area contributed by atoms with Crippen molar-refractivity contribution in [2.75, 3.05) is 38.2 Å². The van der Waals surface area contributed by atoms with Gasteiger partial charge in [-0.05, 0) is 25.7 Å². The van der Waals surface area contributed by atoms with E-state index >= 15 is 0 Å². The Balaban J connectivity index is 1.68. The summed E-state index contributed by atoms with van der Waals surface area (Å²) in [5.74, 6) is 0.725. The van der Waals surface area contributed by atoms with E-state index in [1.807, 2.05) is 16.8 Å². The third-order valence-electron chi connectivity index (χ3n) is 4.13. The summed E-state index contributed by atoms with van der Waals surface area (Å²) in [4.78, 5) is 24.9. The third kappa shape index (κ3) is 3.32. The molecule has 114 valence electrons. The van der Waals surface area contributed by atoms with Crippen LogP contribution < -0.4 is 4.90 Å². The van der Waals surface area contributed by atoms with Crippen LogP contribution in [0.25, 0.3) is 0 Å². The van der Waals surface area contributed by atoms with Crippen LogP contribution in [0.1, 0.15) is 36.2 Å². The predicted molar refractivity (Wildman–Crippen MR) is 79.4 cm³/mol. The van der Waals surface area contributed by atoms with Gasteiger partial charge in [0, 0.05) is 33.3 Å². The number of rotatable bonds is 4. The summed E-state index contributed by atoms with van der Waals surface area (Å²) in [6.07, 6.45) is 7.90. The lowest BCUT2D eigenvalue weighted by molar-refractivity contribution is 0.0786. The van der Waals surface area contributed by atoms with E-state index in [-0.39, 0.29) is 12.0 Å². The van der Waals surface area contributed by atoms with E-state index in [2.05, 4.69) is 9.97 Å². The second kappa shape index (κ2) is 6.39. The van der Waals surface area contributed by atoms with Crippen LogP contribution in [0.3, 0.4) is 0 Å². The molecule has 1 aromatic heterocycles. The second-order valence-electron chi connectivity index (χ2n) is 5.78. The lowest BCUT2D eigenvalue weighted by Crippen LogP contribution is -2.31. The summed E-state index contributed by atoms with van der Waals surface area (Å²) in [6, 6.07) is 0. The van der Waals surface area contributed by atoms with Crippen molar-refractivity contribution in [1.29, 1.82) is 0 Å². The number of hydrogen-bond donors (Lipinski definition) is 0. The molecule has 2 fully saturated rings. The Kier molecular flexibility index (Phi) is 4.34. The minimum Gasteiger partial charge on any atom is -0.376 e. The second-order valence-corrected chi connectivity index (χ2v) is 5.78. The molecule has 1 amide bonds. The van der Waals surface area contributed by atoms with Crippen LogP contribution in [-0.2, 0) is 4.74 Å². The minimum atomic E-state index is -0.00707. The average molecular weight is 290 g/mol. The first-order chi connectivity index (χ1) is 10.2. The molecule has 2 aliphatic heterocycles. The molecule has 1 unspecified atom stereocenters. The molecule has 0 aliphatic carbocycles. The van der Waals surface area contributed by atoms with Crippen LogP contribution in [-0.4, -0.2) is 60.2 Å². The van der Waals surface area contributed by atoms with Crippen LogP contribution in [0.2, 0.25) is 0 Å². The predicted octanol–water partition coefficient (Wildman–Crippen LogP) is 1.33. The van der Waals surface area contributed by atoms with E-state index in [1.54, 1.807) is 12.4 Å². The monoisotopic (exact) mass is 290 g/mol. The van der Waals surface area contributed by atoms with Crippen molar-refractivity contribution in [2.24, 2.45) is 0 Å². The highest BCUT2D eigenvalue weighted by Gasteiger charge is 2.22. The van der Waals surface area contributed by atoms with Crippen LogP contribution in [0.4, 0.5) is 5.82 Å². The fraction of sp³-hybridized carbons (Fsp3) is 0.667. The number of carbonyl (C=O) groups is 1. The van der Waals surface area contributed by atoms with Crippen molar-refractivity contribution >= 4 is 11.7 Å². The molecule has 0 aromatic carbocycles. The highest BCUT2D eigenvalue weighted by atomic mass is 16.5. The SMILES string of the molecule is CN(CC1CCCO1)c1cncc(C(=O)N2CCCC2)n1. The number of likely N-dealkylation sites (N-methyl/N-ethyl adjacent to an activating group) is 1. The summed E-state index contributed by atoms with van der Waals surface area (Å²) in [7, 11) is 1.97. The third-order valence-corrected chi connectivity index (χ3v) is 4.13. The smallest absolute Gasteiger partial charge is 0.274 e. The average Bonchev–Trinajstić information content (AvgIpc) is 3.20. The normalized spacial score (nSPS) is 21.8. The molecule has 0 bridgehead atoms. The first-order valence-corrected chi connectivity index (χ1v) is 7.68. The quantitative estimate of drug-likeness (QED) is 0.837. The van der Waals surface area contributed by atoms with Gasteiger partial charge in [-0.1, -0.05) is 0 Å². The van der Waals surface area contributed by atoms with Gasteiger partial charge in [0.25, 0.3) is 5.91 Å². The van der Waals surface area contributed by atoms with E-state index in [1.165, 1.54) is 0 Å². The highest BCUT2D eigenvalue weighted by Crippen LogP contribution is 2.17. The molecule has 0 N–H and O–H groups in total. The summed E-state index contributed by atoms with van der Waals surface area (Å²) in [6.45, 7) is 3.29. The standard InChI is InChI=1S/C15H22N4O2/c1-18(11-12-5-4-8-21-12)14-10-16-9-13(17-14)15(20)19-6-2-3-7-19/h9-10,12H,2-8,11H2,1H3. The Morgan fingerprint density at radius 2 is 2.19 bits per heavy atom. The molecule has 0 saturated carbocycles. The number of hydrogen-bond acceptors (Lipinski definition) is 5. The first kappa shape index (κ1) is 14.3. The fourth-order valence-electron chi connectivity index (χ4n) is 2.91. The van der Waals surface area contributed by atoms with Crippen molar-refractivity contribution in [3.8, 4) is 0 Å². The van der Waals surface area contributed by atoms with Gasteiger partial charge in [0.15, 0.2) is 0 Å². The number of anilines is 1. The lowest BCUT2D eigenvalue weighted by atomic mass is 10.2. The minimum absolute atomic E-state index is 0.00707. The number of ether oxygens (including phenoxy) is 1. The summed E-state index contributed by atoms with van der Waals surface area (Å²) < 4.78 is 5.64. The lowest BCUT2D eigenvalue weighted by Gasteiger charge is -2.22. The summed E-state index contributed by atoms with van der Waals surface area (Å²) >= 11 is 0. The van der Waals surface area contributed by atoms with Gasteiger partial charge in [-0.3, -0.25) is 9.78 Å². The van der Waals surface area contributed by atoms with Gasteiger partial charge < -0.3 is 14.5 Å². The maximum atomic E-state index is 12.3. The Hall–Kier alpha value is -1.69. The Morgan fingerprint density at radius 3 is 2.90 bits per heavy atom. The van der Waals surface area contributed by atoms with E-state index in [9.17, 15) is 4.79 Å². The van der Waals surface area contributed by atoms with Crippen molar-refractivity contribution in [3.63, 3.8) is 0 Å². The van der Waals surface area contributed by atoms with Gasteiger partial charge in [0.05, 0.1) is 18.5 Å². The largest absolute Gasteiger partial charge is 0.376 e. The van der Waals surface area contributed by atoms with Crippen molar-refractivity contribution in [1.82, 2.24) is 14.9 Å². The fourth-order valence-corrected chi connectivity index (χ4v) is 2.91. The van der Waals surface area contributed by atoms with Crippen LogP contribution in [0.5, 0.6) is 0 Å². The van der Waals surface area contributed by atoms with E-state index in [0.717, 1.165) is 57.7 Å². The van der Waals surface area contributed by atoms with Crippen LogP contribution >= 0.6 is 0 Å². The molecule has 1 atom stereocenters. The molecule has 0 spiro atoms. The summed E-state index contributed by atoms with van der Waals surface area (Å²) in [5.41, 5.74) is 0.439. The zero-order chi connectivity index (χ0) is 14.7. The molecule has 2 aliphatic rings. The number of aromatic nitrogens is 2. The van der Waals surface area contributed by atoms with Gasteiger partial charge in [-0.2, -0.15) is 0 Å². The van der Waals surface area contributed by atoms with E-state index in [0.29, 0.717) is 5.69 Å². The van der Waals surface area contributed by atoms with Crippen molar-refractivity contribution < 1.29 is 9.53 Å². The number of likely N-dealkylation sites (tertiary alicyclic amines) is 1. The molecular formula is C15H22N4O2. The van der Waals surface area contributed by atoms with Gasteiger partial charge >= 0.3 is 0 Å². The zero-order valence-electron chi connectivity index (χ0n) is 12.5. The molecule has 21 heavy (non-hydrogen) atoms. The van der Waals surface area contributed by atoms with Gasteiger partial charge in [0.2, 0.25) is 0 Å². The van der Waals surface area contributed by atoms with Crippen molar-refractivity contribution in [2.45, 2.75) is 31.8 Å². The van der Waals surface area contributed by atoms with Gasteiger partial charge in [-0.25, -0.2) is 4.98 Å². The first-order valence-electron chi connectivity index (χ1n) is 7.68. The topological polar surface area (TPSA) is 58.6 Å². The number of amides is 1. The van der Waals surface area contributed by atoms with Crippen LogP contribution in [0.15, 0.2) is 12.4 Å². The maximum absolute atomic E-state index is 12.3. The molecule has 3 rings (SSSR count). The van der Waals surface area contributed by atoms with Crippen molar-refractivity contribution in [3.05, 3.63) is 18.1 Å². The molecule has 6 heteroatoms. The number of nitrogens with zero attached hydrogens (tertiary/aromatic N) is 4. The molecule has 3 heterocycles. The highest BCUT2D eigenvalue weighted by molar-refractivity contribution is 5.92. The maximum Gasteiger partial charge on any atom is 0.274 e. The molecule has 6 nitrogen and oxygen atoms in total. The zero-order valence-corrected chi connectivity index (χ0v) is 12.5. The Morgan fingerprint density at radius 1 is 1.38 bits per heavy atom. The van der Waals surface area contributed by atoms with Crippen LogP contribution in [0, 0.1) is 0 Å². The Bertz CT molecular complexity index is 496. The van der Waals surface area contributed by atoms with Gasteiger partial charge in [-0.15, -0.1) is 0 Å². The van der Waals surface area contributed by atoms with E-state index in [4.69, 9.17) is 4.74 Å².